The Balaban J connectivity index is 2.06. The van der Waals surface area contributed by atoms with Crippen molar-refractivity contribution in [2.75, 3.05) is 19.6 Å². The van der Waals surface area contributed by atoms with Gasteiger partial charge in [0.05, 0.1) is 0 Å². The molecular formula is C16H33NSi. The quantitative estimate of drug-likeness (QED) is 0.452. The Labute approximate surface area is 117 Å². The van der Waals surface area contributed by atoms with Crippen LogP contribution in [0.4, 0.5) is 0 Å². The van der Waals surface area contributed by atoms with Crippen LogP contribution in [0.2, 0.25) is 6.04 Å². The Hall–Kier alpha value is -0.0831. The maximum atomic E-state index is 2.68. The molecule has 0 atom stereocenters. The van der Waals surface area contributed by atoms with Crippen LogP contribution in [0, 0.1) is 0 Å². The van der Waals surface area contributed by atoms with E-state index in [-0.39, 0.29) is 9.52 Å². The van der Waals surface area contributed by atoms with Gasteiger partial charge in [0.25, 0.3) is 0 Å². The Morgan fingerprint density at radius 3 is 2.33 bits per heavy atom. The van der Waals surface area contributed by atoms with Crippen LogP contribution in [0.15, 0.2) is 11.3 Å². The zero-order valence-corrected chi connectivity index (χ0v) is 14.1. The van der Waals surface area contributed by atoms with E-state index in [0.29, 0.717) is 0 Å². The molecule has 0 N–H and O–H groups in total. The molecule has 0 amide bonds. The molecule has 1 fully saturated rings. The highest BCUT2D eigenvalue weighted by atomic mass is 28.2. The van der Waals surface area contributed by atoms with Crippen LogP contribution in [-0.2, 0) is 0 Å². The number of hydrogen-bond acceptors (Lipinski definition) is 1. The van der Waals surface area contributed by atoms with Crippen LogP contribution in [0.25, 0.3) is 0 Å². The lowest BCUT2D eigenvalue weighted by Crippen LogP contribution is -2.30. The van der Waals surface area contributed by atoms with Gasteiger partial charge >= 0.3 is 0 Å². The standard InChI is InChI=1S/C16H33NSi/c1-3-9-16(10-4-2)15-18-14-8-13-17-11-6-5-7-12-17/h15H,3-14,18H2,1-2H3. The van der Waals surface area contributed by atoms with Crippen molar-refractivity contribution in [1.29, 1.82) is 0 Å². The van der Waals surface area contributed by atoms with E-state index in [1.54, 1.807) is 5.57 Å². The molecule has 0 saturated carbocycles. The minimum atomic E-state index is 0.0880. The first-order chi connectivity index (χ1) is 8.86. The number of rotatable bonds is 9. The molecule has 0 radical (unpaired) electrons. The molecular weight excluding hydrogens is 234 g/mol. The summed E-state index contributed by atoms with van der Waals surface area (Å²) < 4.78 is 0. The lowest BCUT2D eigenvalue weighted by Gasteiger charge is -2.26. The fourth-order valence-electron chi connectivity index (χ4n) is 2.94. The summed E-state index contributed by atoms with van der Waals surface area (Å²) in [6.45, 7) is 8.73. The molecule has 0 aliphatic carbocycles. The third-order valence-corrected chi connectivity index (χ3v) is 5.73. The van der Waals surface area contributed by atoms with E-state index in [4.69, 9.17) is 0 Å². The zero-order valence-electron chi connectivity index (χ0n) is 12.7. The predicted octanol–water partition coefficient (Wildman–Crippen LogP) is 3.93. The van der Waals surface area contributed by atoms with Gasteiger partial charge in [0.15, 0.2) is 0 Å². The molecule has 1 nitrogen and oxygen atoms in total. The summed E-state index contributed by atoms with van der Waals surface area (Å²) >= 11 is 0. The molecule has 1 saturated heterocycles. The van der Waals surface area contributed by atoms with Crippen molar-refractivity contribution >= 4 is 9.52 Å². The van der Waals surface area contributed by atoms with E-state index in [2.05, 4.69) is 24.4 Å². The van der Waals surface area contributed by atoms with Gasteiger partial charge in [0.2, 0.25) is 0 Å². The van der Waals surface area contributed by atoms with Crippen molar-refractivity contribution in [2.45, 2.75) is 71.3 Å². The van der Waals surface area contributed by atoms with Gasteiger partial charge in [-0.05, 0) is 51.7 Å². The summed E-state index contributed by atoms with van der Waals surface area (Å²) in [6, 6.07) is 1.52. The summed E-state index contributed by atoms with van der Waals surface area (Å²) in [7, 11) is 0.0880. The number of nitrogens with zero attached hydrogens (tertiary/aromatic N) is 1. The van der Waals surface area contributed by atoms with Crippen LogP contribution in [0.5, 0.6) is 0 Å². The van der Waals surface area contributed by atoms with Gasteiger partial charge in [-0.25, -0.2) is 0 Å². The van der Waals surface area contributed by atoms with E-state index in [1.165, 1.54) is 77.0 Å². The average molecular weight is 268 g/mol. The van der Waals surface area contributed by atoms with Gasteiger partial charge in [-0.2, -0.15) is 0 Å². The third-order valence-electron chi connectivity index (χ3n) is 3.95. The van der Waals surface area contributed by atoms with Gasteiger partial charge in [0.1, 0.15) is 0 Å². The molecule has 0 aromatic carbocycles. The lowest BCUT2D eigenvalue weighted by atomic mass is 10.1. The third kappa shape index (κ3) is 7.37. The van der Waals surface area contributed by atoms with Crippen molar-refractivity contribution in [1.82, 2.24) is 4.90 Å². The Kier molecular flexibility index (Phi) is 9.59. The summed E-state index contributed by atoms with van der Waals surface area (Å²) in [4.78, 5) is 2.68. The zero-order chi connectivity index (χ0) is 13.1. The van der Waals surface area contributed by atoms with Gasteiger partial charge in [-0.1, -0.05) is 44.7 Å². The first kappa shape index (κ1) is 16.0. The largest absolute Gasteiger partial charge is 0.303 e. The van der Waals surface area contributed by atoms with E-state index >= 15 is 0 Å². The maximum Gasteiger partial charge on any atom is 0.0454 e. The van der Waals surface area contributed by atoms with E-state index in [0.717, 1.165) is 0 Å². The van der Waals surface area contributed by atoms with Gasteiger partial charge < -0.3 is 4.90 Å². The van der Waals surface area contributed by atoms with Crippen LogP contribution in [0.3, 0.4) is 0 Å². The summed E-state index contributed by atoms with van der Waals surface area (Å²) in [6.07, 6.45) is 11.2. The SMILES string of the molecule is CCCC(=C[SiH2]CCCN1CCCCC1)CCC. The second kappa shape index (κ2) is 10.8. The molecule has 0 aromatic heterocycles. The maximum absolute atomic E-state index is 2.68. The molecule has 2 heteroatoms. The summed E-state index contributed by atoms with van der Waals surface area (Å²) in [5, 5.41) is 0. The van der Waals surface area contributed by atoms with E-state index < -0.39 is 0 Å². The number of likely N-dealkylation sites (tertiary alicyclic amines) is 1. The Morgan fingerprint density at radius 2 is 1.72 bits per heavy atom. The van der Waals surface area contributed by atoms with Gasteiger partial charge in [-0.15, -0.1) is 5.70 Å². The minimum absolute atomic E-state index is 0.0880. The second-order valence-electron chi connectivity index (χ2n) is 5.76. The van der Waals surface area contributed by atoms with Crippen LogP contribution in [0.1, 0.15) is 65.2 Å². The van der Waals surface area contributed by atoms with Crippen molar-refractivity contribution in [3.05, 3.63) is 11.3 Å². The molecule has 0 bridgehead atoms. The van der Waals surface area contributed by atoms with Gasteiger partial charge in [0, 0.05) is 9.52 Å². The molecule has 0 unspecified atom stereocenters. The van der Waals surface area contributed by atoms with Crippen LogP contribution < -0.4 is 0 Å². The lowest BCUT2D eigenvalue weighted by molar-refractivity contribution is 0.229. The highest BCUT2D eigenvalue weighted by Gasteiger charge is 2.08. The van der Waals surface area contributed by atoms with E-state index in [1.807, 2.05) is 0 Å². The smallest absolute Gasteiger partial charge is 0.0454 e. The van der Waals surface area contributed by atoms with Crippen LogP contribution in [-0.4, -0.2) is 34.1 Å². The van der Waals surface area contributed by atoms with Crippen molar-refractivity contribution in [2.24, 2.45) is 0 Å². The molecule has 1 aliphatic rings. The highest BCUT2D eigenvalue weighted by molar-refractivity contribution is 6.42. The fourth-order valence-corrected chi connectivity index (χ4v) is 4.47. The normalized spacial score (nSPS) is 17.4. The Bertz CT molecular complexity index is 211. The molecule has 1 aliphatic heterocycles. The molecule has 0 spiro atoms. The first-order valence-corrected chi connectivity index (χ1v) is 10.1. The fraction of sp³-hybridized carbons (Fsp3) is 0.875. The molecule has 1 rings (SSSR count). The number of hydrogen-bond donors (Lipinski definition) is 0. The predicted molar refractivity (Wildman–Crippen MR) is 86.2 cm³/mol. The molecule has 1 heterocycles. The monoisotopic (exact) mass is 267 g/mol. The second-order valence-corrected chi connectivity index (χ2v) is 7.45. The minimum Gasteiger partial charge on any atom is -0.303 e. The highest BCUT2D eigenvalue weighted by Crippen LogP contribution is 2.12. The van der Waals surface area contributed by atoms with Crippen molar-refractivity contribution < 1.29 is 0 Å². The van der Waals surface area contributed by atoms with Gasteiger partial charge in [-0.3, -0.25) is 0 Å². The average Bonchev–Trinajstić information content (AvgIpc) is 2.40. The molecule has 18 heavy (non-hydrogen) atoms. The van der Waals surface area contributed by atoms with Crippen molar-refractivity contribution in [3.63, 3.8) is 0 Å². The topological polar surface area (TPSA) is 3.24 Å². The van der Waals surface area contributed by atoms with Crippen molar-refractivity contribution in [3.8, 4) is 0 Å². The molecule has 0 aromatic rings. The summed E-state index contributed by atoms with van der Waals surface area (Å²) in [5.74, 6) is 0. The first-order valence-electron chi connectivity index (χ1n) is 8.27. The number of allylic oxidation sites excluding steroid dienone is 1. The van der Waals surface area contributed by atoms with Crippen LogP contribution >= 0.6 is 0 Å². The number of piperidine rings is 1. The Morgan fingerprint density at radius 1 is 1.06 bits per heavy atom. The summed E-state index contributed by atoms with van der Waals surface area (Å²) in [5.41, 5.74) is 4.44. The van der Waals surface area contributed by atoms with E-state index in [9.17, 15) is 0 Å². The molecule has 106 valence electrons.